The van der Waals surface area contributed by atoms with E-state index < -0.39 is 0 Å². The third-order valence-corrected chi connectivity index (χ3v) is 4.98. The van der Waals surface area contributed by atoms with Gasteiger partial charge in [-0.1, -0.05) is 30.7 Å². The van der Waals surface area contributed by atoms with Crippen molar-refractivity contribution in [2.45, 2.75) is 19.3 Å². The molecule has 1 saturated carbocycles. The third kappa shape index (κ3) is 2.64. The van der Waals surface area contributed by atoms with Gasteiger partial charge in [-0.25, -0.2) is 0 Å². The Kier molecular flexibility index (Phi) is 3.70. The molecule has 0 spiro atoms. The molecule has 2 atom stereocenters. The zero-order valence-corrected chi connectivity index (χ0v) is 14.5. The molecule has 1 aliphatic carbocycles. The van der Waals surface area contributed by atoms with Crippen molar-refractivity contribution in [3.05, 3.63) is 58.6 Å². The lowest BCUT2D eigenvalue weighted by Gasteiger charge is -2.15. The number of nitrogens with zero attached hydrogens (tertiary/aromatic N) is 1. The first-order valence-electron chi connectivity index (χ1n) is 7.76. The molecule has 0 bridgehead atoms. The van der Waals surface area contributed by atoms with Gasteiger partial charge >= 0.3 is 0 Å². The summed E-state index contributed by atoms with van der Waals surface area (Å²) in [5.41, 5.74) is 0.946. The zero-order chi connectivity index (χ0) is 16.8. The Morgan fingerprint density at radius 1 is 1.33 bits per heavy atom. The number of furan rings is 1. The van der Waals surface area contributed by atoms with E-state index in [0.29, 0.717) is 39.1 Å². The smallest absolute Gasteiger partial charge is 0.281 e. The minimum absolute atomic E-state index is 0.245. The monoisotopic (exact) mass is 358 g/mol. The second-order valence-corrected chi connectivity index (χ2v) is 6.93. The first-order chi connectivity index (χ1) is 11.5. The maximum atomic E-state index is 12.7. The number of amides is 1. The molecule has 1 amide bonds. The van der Waals surface area contributed by atoms with Crippen molar-refractivity contribution in [3.8, 4) is 0 Å². The van der Waals surface area contributed by atoms with Gasteiger partial charge in [0.05, 0.1) is 10.7 Å². The Balaban J connectivity index is 1.61. The largest absolute Gasteiger partial charge is 0.461 e. The summed E-state index contributed by atoms with van der Waals surface area (Å²) < 4.78 is 5.83. The van der Waals surface area contributed by atoms with E-state index in [-0.39, 0.29) is 5.91 Å². The van der Waals surface area contributed by atoms with Crippen LogP contribution in [0.1, 0.15) is 30.8 Å². The van der Waals surface area contributed by atoms with Crippen molar-refractivity contribution in [2.75, 3.05) is 4.90 Å². The van der Waals surface area contributed by atoms with Crippen LogP contribution in [-0.4, -0.2) is 11.0 Å². The average molecular weight is 359 g/mol. The molecule has 4 nitrogen and oxygen atoms in total. The number of hydrogen-bond donors (Lipinski definition) is 1. The van der Waals surface area contributed by atoms with Gasteiger partial charge in [0.1, 0.15) is 17.2 Å². The highest BCUT2D eigenvalue weighted by atomic mass is 35.5. The maximum absolute atomic E-state index is 12.7. The minimum Gasteiger partial charge on any atom is -0.461 e. The predicted octanol–water partition coefficient (Wildman–Crippen LogP) is 4.32. The third-order valence-electron chi connectivity index (χ3n) is 4.38. The van der Waals surface area contributed by atoms with E-state index >= 15 is 0 Å². The molecule has 1 aromatic heterocycles. The fourth-order valence-corrected chi connectivity index (χ4v) is 3.40. The Morgan fingerprint density at radius 3 is 2.79 bits per heavy atom. The van der Waals surface area contributed by atoms with Crippen molar-refractivity contribution in [1.29, 1.82) is 0 Å². The Bertz CT molecular complexity index is 873. The van der Waals surface area contributed by atoms with Crippen LogP contribution in [0.4, 0.5) is 5.69 Å². The maximum Gasteiger partial charge on any atom is 0.281 e. The van der Waals surface area contributed by atoms with Gasteiger partial charge in [0, 0.05) is 12.0 Å². The van der Waals surface area contributed by atoms with Crippen LogP contribution in [0.5, 0.6) is 0 Å². The highest BCUT2D eigenvalue weighted by molar-refractivity contribution is 7.80. The molecule has 6 heteroatoms. The Hall–Kier alpha value is -2.11. The number of thiocarbonyl (C=S) groups is 1. The normalized spacial score (nSPS) is 24.6. The van der Waals surface area contributed by atoms with Crippen molar-refractivity contribution >= 4 is 46.6 Å². The standard InChI is InChI=1S/C18H15ClN2O2S/c1-10-8-12(10)16-7-6-11(23-16)9-14-17(22)21(18(24)20-14)15-5-3-2-4-13(15)19/h2-7,9-10,12H,8H2,1H3,(H,20,24)/b14-9-/t10-,12+/m1/s1. The molecular formula is C18H15ClN2O2S. The minimum atomic E-state index is -0.245. The Morgan fingerprint density at radius 2 is 2.08 bits per heavy atom. The highest BCUT2D eigenvalue weighted by Crippen LogP contribution is 2.47. The van der Waals surface area contributed by atoms with Crippen LogP contribution < -0.4 is 10.2 Å². The van der Waals surface area contributed by atoms with Gasteiger partial charge in [-0.05, 0) is 48.8 Å². The molecule has 2 fully saturated rings. The first-order valence-corrected chi connectivity index (χ1v) is 8.54. The van der Waals surface area contributed by atoms with Crippen LogP contribution in [0.3, 0.4) is 0 Å². The summed E-state index contributed by atoms with van der Waals surface area (Å²) in [6, 6.07) is 11.0. The quantitative estimate of drug-likeness (QED) is 0.655. The van der Waals surface area contributed by atoms with Crippen molar-refractivity contribution < 1.29 is 9.21 Å². The van der Waals surface area contributed by atoms with Crippen LogP contribution in [0, 0.1) is 5.92 Å². The Labute approximate surface area is 150 Å². The van der Waals surface area contributed by atoms with Gasteiger partial charge in [0.15, 0.2) is 5.11 Å². The molecule has 2 aliphatic rings. The summed E-state index contributed by atoms with van der Waals surface area (Å²) >= 11 is 11.5. The SMILES string of the molecule is C[C@@H]1C[C@@H]1c1ccc(/C=C2\NC(=S)N(c3ccccc3Cl)C2=O)o1. The van der Waals surface area contributed by atoms with Gasteiger partial charge < -0.3 is 9.73 Å². The molecule has 4 rings (SSSR count). The van der Waals surface area contributed by atoms with Crippen LogP contribution in [0.2, 0.25) is 5.02 Å². The molecule has 1 saturated heterocycles. The zero-order valence-electron chi connectivity index (χ0n) is 13.0. The van der Waals surface area contributed by atoms with Crippen molar-refractivity contribution in [2.24, 2.45) is 5.92 Å². The number of hydrogen-bond acceptors (Lipinski definition) is 3. The van der Waals surface area contributed by atoms with E-state index in [1.807, 2.05) is 24.3 Å². The fourth-order valence-electron chi connectivity index (χ4n) is 2.89. The van der Waals surface area contributed by atoms with E-state index in [4.69, 9.17) is 28.2 Å². The van der Waals surface area contributed by atoms with E-state index in [9.17, 15) is 4.79 Å². The summed E-state index contributed by atoms with van der Waals surface area (Å²) in [6.45, 7) is 2.20. The number of anilines is 1. The molecule has 1 N–H and O–H groups in total. The summed E-state index contributed by atoms with van der Waals surface area (Å²) in [6.07, 6.45) is 2.84. The van der Waals surface area contributed by atoms with E-state index in [1.54, 1.807) is 18.2 Å². The summed E-state index contributed by atoms with van der Waals surface area (Å²) in [7, 11) is 0. The van der Waals surface area contributed by atoms with Crippen LogP contribution in [0.15, 0.2) is 46.5 Å². The lowest BCUT2D eigenvalue weighted by molar-refractivity contribution is -0.113. The number of halogens is 1. The number of rotatable bonds is 3. The van der Waals surface area contributed by atoms with Crippen LogP contribution in [-0.2, 0) is 4.79 Å². The molecular weight excluding hydrogens is 344 g/mol. The topological polar surface area (TPSA) is 45.5 Å². The number of carbonyl (C=O) groups is 1. The molecule has 1 aromatic carbocycles. The molecule has 122 valence electrons. The van der Waals surface area contributed by atoms with Crippen LogP contribution >= 0.6 is 23.8 Å². The van der Waals surface area contributed by atoms with E-state index in [0.717, 1.165) is 12.2 Å². The van der Waals surface area contributed by atoms with Gasteiger partial charge in [-0.2, -0.15) is 0 Å². The van der Waals surface area contributed by atoms with E-state index in [2.05, 4.69) is 12.2 Å². The van der Waals surface area contributed by atoms with Gasteiger partial charge in [0.2, 0.25) is 0 Å². The molecule has 0 radical (unpaired) electrons. The molecule has 2 aromatic rings. The second-order valence-electron chi connectivity index (χ2n) is 6.14. The summed E-state index contributed by atoms with van der Waals surface area (Å²) in [4.78, 5) is 14.1. The molecule has 0 unspecified atom stereocenters. The lowest BCUT2D eigenvalue weighted by Crippen LogP contribution is -2.30. The molecule has 2 heterocycles. The molecule has 24 heavy (non-hydrogen) atoms. The number of benzene rings is 1. The lowest BCUT2D eigenvalue weighted by atomic mass is 10.2. The molecule has 1 aliphatic heterocycles. The number of nitrogens with one attached hydrogen (secondary N) is 1. The van der Waals surface area contributed by atoms with Gasteiger partial charge in [-0.15, -0.1) is 0 Å². The van der Waals surface area contributed by atoms with E-state index in [1.165, 1.54) is 4.90 Å². The van der Waals surface area contributed by atoms with Gasteiger partial charge in [0.25, 0.3) is 5.91 Å². The van der Waals surface area contributed by atoms with Crippen LogP contribution in [0.25, 0.3) is 6.08 Å². The summed E-state index contributed by atoms with van der Waals surface area (Å²) in [5.74, 6) is 2.55. The second kappa shape index (κ2) is 5.76. The van der Waals surface area contributed by atoms with Crippen molar-refractivity contribution in [1.82, 2.24) is 5.32 Å². The van der Waals surface area contributed by atoms with Crippen molar-refractivity contribution in [3.63, 3.8) is 0 Å². The average Bonchev–Trinajstić information content (AvgIpc) is 2.99. The predicted molar refractivity (Wildman–Crippen MR) is 97.9 cm³/mol. The van der Waals surface area contributed by atoms with Gasteiger partial charge in [-0.3, -0.25) is 9.69 Å². The number of para-hydroxylation sites is 1. The highest BCUT2D eigenvalue weighted by Gasteiger charge is 2.37. The fraction of sp³-hybridized carbons (Fsp3) is 0.222. The number of carbonyl (C=O) groups excluding carboxylic acids is 1. The first kappa shape index (κ1) is 15.4. The summed E-state index contributed by atoms with van der Waals surface area (Å²) in [5, 5.41) is 3.72.